The van der Waals surface area contributed by atoms with Gasteiger partial charge in [0.1, 0.15) is 5.82 Å². The highest BCUT2D eigenvalue weighted by molar-refractivity contribution is 7.10. The summed E-state index contributed by atoms with van der Waals surface area (Å²) in [6, 6.07) is 10.0. The van der Waals surface area contributed by atoms with Crippen molar-refractivity contribution in [3.05, 3.63) is 58.0 Å². The molecule has 1 atom stereocenters. The largest absolute Gasteiger partial charge is 0.375 e. The lowest BCUT2D eigenvalue weighted by atomic mass is 10.1. The third-order valence-electron chi connectivity index (χ3n) is 2.90. The van der Waals surface area contributed by atoms with E-state index in [1.165, 1.54) is 12.1 Å². The zero-order valence-electron chi connectivity index (χ0n) is 11.1. The van der Waals surface area contributed by atoms with Crippen molar-refractivity contribution in [3.63, 3.8) is 0 Å². The van der Waals surface area contributed by atoms with Gasteiger partial charge >= 0.3 is 0 Å². The maximum atomic E-state index is 13.2. The smallest absolute Gasteiger partial charge is 0.225 e. The number of nitrogens with one attached hydrogen (secondary N) is 1. The summed E-state index contributed by atoms with van der Waals surface area (Å²) in [7, 11) is 1.54. The van der Waals surface area contributed by atoms with Crippen LogP contribution in [-0.2, 0) is 16.0 Å². The van der Waals surface area contributed by atoms with Crippen LogP contribution in [0.2, 0.25) is 0 Å². The lowest BCUT2D eigenvalue weighted by Crippen LogP contribution is -2.30. The van der Waals surface area contributed by atoms with Crippen molar-refractivity contribution in [2.45, 2.75) is 12.5 Å². The molecule has 0 saturated heterocycles. The van der Waals surface area contributed by atoms with Crippen LogP contribution in [-0.4, -0.2) is 19.6 Å². The van der Waals surface area contributed by atoms with Gasteiger partial charge in [-0.2, -0.15) is 0 Å². The Kier molecular flexibility index (Phi) is 5.26. The van der Waals surface area contributed by atoms with Crippen LogP contribution in [0.15, 0.2) is 41.8 Å². The van der Waals surface area contributed by atoms with E-state index in [1.54, 1.807) is 30.6 Å². The Morgan fingerprint density at radius 3 is 2.90 bits per heavy atom. The molecule has 0 spiro atoms. The molecule has 2 aromatic rings. The van der Waals surface area contributed by atoms with Crippen molar-refractivity contribution in [3.8, 4) is 0 Å². The number of carbonyl (C=O) groups excluding carboxylic acids is 1. The van der Waals surface area contributed by atoms with Gasteiger partial charge in [-0.05, 0) is 29.1 Å². The molecule has 20 heavy (non-hydrogen) atoms. The van der Waals surface area contributed by atoms with Crippen molar-refractivity contribution in [2.75, 3.05) is 13.7 Å². The van der Waals surface area contributed by atoms with E-state index in [1.807, 2.05) is 17.5 Å². The van der Waals surface area contributed by atoms with E-state index in [-0.39, 0.29) is 17.8 Å². The molecule has 1 unspecified atom stereocenters. The van der Waals surface area contributed by atoms with Gasteiger partial charge in [0, 0.05) is 18.5 Å². The van der Waals surface area contributed by atoms with Crippen molar-refractivity contribution >= 4 is 17.2 Å². The third-order valence-corrected chi connectivity index (χ3v) is 3.78. The number of benzene rings is 1. The fourth-order valence-corrected chi connectivity index (χ4v) is 2.59. The first-order valence-electron chi connectivity index (χ1n) is 6.26. The topological polar surface area (TPSA) is 38.3 Å². The molecule has 0 fully saturated rings. The molecule has 106 valence electrons. The van der Waals surface area contributed by atoms with E-state index < -0.39 is 0 Å². The normalized spacial score (nSPS) is 12.1. The predicted molar refractivity (Wildman–Crippen MR) is 77.2 cm³/mol. The van der Waals surface area contributed by atoms with Crippen LogP contribution < -0.4 is 5.32 Å². The van der Waals surface area contributed by atoms with Crippen LogP contribution in [0.1, 0.15) is 16.5 Å². The van der Waals surface area contributed by atoms with E-state index in [0.29, 0.717) is 18.5 Å². The molecule has 0 radical (unpaired) electrons. The number of hydrogen-bond acceptors (Lipinski definition) is 3. The minimum absolute atomic E-state index is 0.0640. The third kappa shape index (κ3) is 4.15. The van der Waals surface area contributed by atoms with Crippen molar-refractivity contribution in [1.82, 2.24) is 5.32 Å². The minimum atomic E-state index is -0.349. The number of methoxy groups -OCH3 is 1. The second-order valence-electron chi connectivity index (χ2n) is 4.34. The van der Waals surface area contributed by atoms with E-state index in [9.17, 15) is 9.18 Å². The molecule has 0 aliphatic rings. The Hall–Kier alpha value is -1.72. The lowest BCUT2D eigenvalue weighted by Gasteiger charge is -2.16. The second kappa shape index (κ2) is 7.17. The summed E-state index contributed by atoms with van der Waals surface area (Å²) in [5.74, 6) is -0.375. The molecule has 3 nitrogen and oxygen atoms in total. The quantitative estimate of drug-likeness (QED) is 0.889. The van der Waals surface area contributed by atoms with Crippen molar-refractivity contribution in [2.24, 2.45) is 0 Å². The first kappa shape index (κ1) is 14.7. The summed E-state index contributed by atoms with van der Waals surface area (Å²) in [6.07, 6.45) is 0.00930. The average molecular weight is 293 g/mol. The predicted octanol–water partition coefficient (Wildman–Crippen LogP) is 2.93. The molecule has 5 heteroatoms. The number of hydrogen-bond donors (Lipinski definition) is 1. The van der Waals surface area contributed by atoms with Crippen LogP contribution in [0.5, 0.6) is 0 Å². The lowest BCUT2D eigenvalue weighted by molar-refractivity contribution is -0.120. The van der Waals surface area contributed by atoms with Crippen LogP contribution in [0, 0.1) is 5.82 Å². The van der Waals surface area contributed by atoms with Gasteiger partial charge in [-0.15, -0.1) is 11.3 Å². The van der Waals surface area contributed by atoms with Gasteiger partial charge in [-0.25, -0.2) is 4.39 Å². The van der Waals surface area contributed by atoms with Gasteiger partial charge in [0.15, 0.2) is 0 Å². The van der Waals surface area contributed by atoms with Gasteiger partial charge in [-0.3, -0.25) is 4.79 Å². The summed E-state index contributed by atoms with van der Waals surface area (Å²) < 4.78 is 18.5. The second-order valence-corrected chi connectivity index (χ2v) is 5.37. The maximum absolute atomic E-state index is 13.2. The SMILES string of the molecule is COC(CNC(=O)Cc1cccs1)c1cccc(F)c1. The van der Waals surface area contributed by atoms with Gasteiger partial charge < -0.3 is 10.1 Å². The first-order chi connectivity index (χ1) is 9.69. The molecule has 0 saturated carbocycles. The molecule has 1 aromatic heterocycles. The highest BCUT2D eigenvalue weighted by Crippen LogP contribution is 2.17. The van der Waals surface area contributed by atoms with Crippen molar-refractivity contribution in [1.29, 1.82) is 0 Å². The van der Waals surface area contributed by atoms with E-state index in [2.05, 4.69) is 5.32 Å². The zero-order valence-corrected chi connectivity index (χ0v) is 12.0. The fraction of sp³-hybridized carbons (Fsp3) is 0.267. The van der Waals surface area contributed by atoms with Crippen LogP contribution in [0.3, 0.4) is 0 Å². The molecule has 0 bridgehead atoms. The standard InChI is InChI=1S/C15H16FNO2S/c1-19-14(11-4-2-5-12(16)8-11)10-17-15(18)9-13-6-3-7-20-13/h2-8,14H,9-10H2,1H3,(H,17,18). The Morgan fingerprint density at radius 2 is 2.25 bits per heavy atom. The van der Waals surface area contributed by atoms with Crippen molar-refractivity contribution < 1.29 is 13.9 Å². The Bertz CT molecular complexity index is 557. The molecule has 0 aliphatic carbocycles. The molecule has 2 rings (SSSR count). The summed E-state index contributed by atoms with van der Waals surface area (Å²) in [5, 5.41) is 4.75. The number of halogens is 1. The number of thiophene rings is 1. The Balaban J connectivity index is 1.89. The maximum Gasteiger partial charge on any atom is 0.225 e. The summed E-state index contributed by atoms with van der Waals surface area (Å²) in [4.78, 5) is 12.8. The van der Waals surface area contributed by atoms with Crippen LogP contribution in [0.4, 0.5) is 4.39 Å². The summed E-state index contributed by atoms with van der Waals surface area (Å²) >= 11 is 1.55. The molecular formula is C15H16FNO2S. The van der Waals surface area contributed by atoms with E-state index in [4.69, 9.17) is 4.74 Å². The highest BCUT2D eigenvalue weighted by atomic mass is 32.1. The minimum Gasteiger partial charge on any atom is -0.375 e. The number of rotatable bonds is 6. The van der Waals surface area contributed by atoms with Gasteiger partial charge in [0.25, 0.3) is 0 Å². The number of carbonyl (C=O) groups is 1. The van der Waals surface area contributed by atoms with Crippen LogP contribution >= 0.6 is 11.3 Å². The highest BCUT2D eigenvalue weighted by Gasteiger charge is 2.13. The van der Waals surface area contributed by atoms with Gasteiger partial charge in [0.05, 0.1) is 12.5 Å². The molecule has 1 heterocycles. The Labute approximate surface area is 121 Å². The summed E-state index contributed by atoms with van der Waals surface area (Å²) in [5.41, 5.74) is 0.712. The summed E-state index contributed by atoms with van der Waals surface area (Å²) in [6.45, 7) is 0.324. The first-order valence-corrected chi connectivity index (χ1v) is 7.14. The molecule has 1 N–H and O–H groups in total. The Morgan fingerprint density at radius 1 is 1.40 bits per heavy atom. The number of amides is 1. The average Bonchev–Trinajstić information content (AvgIpc) is 2.92. The van der Waals surface area contributed by atoms with Crippen LogP contribution in [0.25, 0.3) is 0 Å². The molecule has 1 amide bonds. The molecule has 1 aromatic carbocycles. The monoisotopic (exact) mass is 293 g/mol. The van der Waals surface area contributed by atoms with Gasteiger partial charge in [-0.1, -0.05) is 18.2 Å². The van der Waals surface area contributed by atoms with E-state index in [0.717, 1.165) is 4.88 Å². The molecular weight excluding hydrogens is 277 g/mol. The zero-order chi connectivity index (χ0) is 14.4. The molecule has 0 aliphatic heterocycles. The fourth-order valence-electron chi connectivity index (χ4n) is 1.88. The number of ether oxygens (including phenoxy) is 1. The van der Waals surface area contributed by atoms with Gasteiger partial charge in [0.2, 0.25) is 5.91 Å². The van der Waals surface area contributed by atoms with E-state index >= 15 is 0 Å².